The van der Waals surface area contributed by atoms with E-state index < -0.39 is 29.0 Å². The van der Waals surface area contributed by atoms with Gasteiger partial charge in [0.25, 0.3) is 5.91 Å². The van der Waals surface area contributed by atoms with Gasteiger partial charge in [0.2, 0.25) is 0 Å². The summed E-state index contributed by atoms with van der Waals surface area (Å²) in [5.74, 6) is -0.788. The number of aliphatic imine (C=N–C) groups is 1. The number of piperidine rings is 1. The Morgan fingerprint density at radius 1 is 1.46 bits per heavy atom. The zero-order valence-electron chi connectivity index (χ0n) is 15.2. The van der Waals surface area contributed by atoms with Gasteiger partial charge in [0.15, 0.2) is 17.0 Å². The lowest BCUT2D eigenvalue weighted by molar-refractivity contribution is -0.548. The van der Waals surface area contributed by atoms with Crippen LogP contribution in [0.2, 0.25) is 0 Å². The normalized spacial score (nSPS) is 20.8. The standard InChI is InChI=1S/C15H28N6O5/c1-3-26-14(23)12-9-10(2)6-8-20(12)13(22)11(19-21(24)25)5-4-7-18-15(16)17/h10-12,19H,3-9H2,1-2H3,(H4,16,17,18)/t10-,11+,12-/m1/s1. The third-order valence-corrected chi connectivity index (χ3v) is 4.21. The van der Waals surface area contributed by atoms with E-state index in [4.69, 9.17) is 16.2 Å². The Morgan fingerprint density at radius 2 is 2.15 bits per heavy atom. The van der Waals surface area contributed by atoms with Crippen molar-refractivity contribution in [3.05, 3.63) is 10.1 Å². The molecule has 1 amide bonds. The first-order valence-corrected chi connectivity index (χ1v) is 8.69. The van der Waals surface area contributed by atoms with Gasteiger partial charge in [-0.3, -0.25) is 9.79 Å². The zero-order chi connectivity index (χ0) is 19.7. The molecule has 1 aliphatic heterocycles. The van der Waals surface area contributed by atoms with Crippen LogP contribution in [0, 0.1) is 16.0 Å². The number of hydrogen-bond donors (Lipinski definition) is 3. The molecular formula is C15H28N6O5. The van der Waals surface area contributed by atoms with E-state index >= 15 is 0 Å². The molecule has 0 unspecified atom stereocenters. The fraction of sp³-hybridized carbons (Fsp3) is 0.800. The van der Waals surface area contributed by atoms with Gasteiger partial charge in [0, 0.05) is 13.1 Å². The number of ether oxygens (including phenoxy) is 1. The average Bonchev–Trinajstić information content (AvgIpc) is 2.56. The molecule has 0 saturated carbocycles. The number of nitro groups is 1. The molecule has 5 N–H and O–H groups in total. The van der Waals surface area contributed by atoms with Gasteiger partial charge in [-0.1, -0.05) is 6.92 Å². The van der Waals surface area contributed by atoms with Crippen LogP contribution in [0.3, 0.4) is 0 Å². The Labute approximate surface area is 152 Å². The van der Waals surface area contributed by atoms with Crippen LogP contribution in [-0.2, 0) is 14.3 Å². The molecule has 0 aromatic carbocycles. The summed E-state index contributed by atoms with van der Waals surface area (Å²) >= 11 is 0. The van der Waals surface area contributed by atoms with Gasteiger partial charge in [-0.25, -0.2) is 14.9 Å². The number of carbonyl (C=O) groups is 2. The Morgan fingerprint density at radius 3 is 2.73 bits per heavy atom. The summed E-state index contributed by atoms with van der Waals surface area (Å²) in [5, 5.41) is 10.1. The number of rotatable bonds is 9. The summed E-state index contributed by atoms with van der Waals surface area (Å²) in [7, 11) is 0. The highest BCUT2D eigenvalue weighted by atomic mass is 16.7. The fourth-order valence-electron chi connectivity index (χ4n) is 2.94. The van der Waals surface area contributed by atoms with Gasteiger partial charge in [-0.05, 0) is 38.5 Å². The van der Waals surface area contributed by atoms with E-state index in [1.54, 1.807) is 6.92 Å². The Bertz CT molecular complexity index is 537. The molecule has 148 valence electrons. The maximum absolute atomic E-state index is 12.9. The van der Waals surface area contributed by atoms with Crippen molar-refractivity contribution >= 4 is 17.8 Å². The molecule has 1 aliphatic rings. The number of hydrazine groups is 1. The maximum atomic E-state index is 12.9. The predicted molar refractivity (Wildman–Crippen MR) is 94.4 cm³/mol. The summed E-state index contributed by atoms with van der Waals surface area (Å²) in [5.41, 5.74) is 12.5. The third kappa shape index (κ3) is 6.73. The van der Waals surface area contributed by atoms with Crippen LogP contribution >= 0.6 is 0 Å². The second-order valence-corrected chi connectivity index (χ2v) is 6.32. The Hall–Kier alpha value is -2.59. The lowest BCUT2D eigenvalue weighted by atomic mass is 9.91. The van der Waals surface area contributed by atoms with E-state index in [-0.39, 0.29) is 31.4 Å². The summed E-state index contributed by atoms with van der Waals surface area (Å²) in [6.45, 7) is 4.51. The van der Waals surface area contributed by atoms with Crippen LogP contribution in [0.4, 0.5) is 0 Å². The zero-order valence-corrected chi connectivity index (χ0v) is 15.2. The van der Waals surface area contributed by atoms with Crippen molar-refractivity contribution in [1.82, 2.24) is 10.3 Å². The van der Waals surface area contributed by atoms with Gasteiger partial charge in [0.1, 0.15) is 6.04 Å². The third-order valence-electron chi connectivity index (χ3n) is 4.21. The van der Waals surface area contributed by atoms with E-state index in [0.717, 1.165) is 6.42 Å². The Kier molecular flexibility index (Phi) is 8.59. The summed E-state index contributed by atoms with van der Waals surface area (Å²) in [6, 6.07) is -1.79. The molecule has 1 fully saturated rings. The number of hydrogen-bond acceptors (Lipinski definition) is 6. The minimum absolute atomic E-state index is 0.0810. The van der Waals surface area contributed by atoms with Crippen molar-refractivity contribution in [1.29, 1.82) is 0 Å². The fourth-order valence-corrected chi connectivity index (χ4v) is 2.94. The maximum Gasteiger partial charge on any atom is 0.328 e. The van der Waals surface area contributed by atoms with Gasteiger partial charge in [0.05, 0.1) is 6.61 Å². The largest absolute Gasteiger partial charge is 0.464 e. The molecule has 1 heterocycles. The molecule has 1 rings (SSSR count). The number of nitrogens with one attached hydrogen (secondary N) is 1. The molecule has 1 saturated heterocycles. The summed E-state index contributed by atoms with van der Waals surface area (Å²) < 4.78 is 5.06. The van der Waals surface area contributed by atoms with Crippen molar-refractivity contribution in [2.24, 2.45) is 22.4 Å². The summed E-state index contributed by atoms with van der Waals surface area (Å²) in [4.78, 5) is 41.1. The highest BCUT2D eigenvalue weighted by Gasteiger charge is 2.39. The number of esters is 1. The first-order valence-electron chi connectivity index (χ1n) is 8.69. The van der Waals surface area contributed by atoms with Crippen LogP contribution in [0.1, 0.15) is 39.5 Å². The molecule has 0 bridgehead atoms. The first-order chi connectivity index (χ1) is 12.3. The molecule has 0 aromatic rings. The van der Waals surface area contributed by atoms with Gasteiger partial charge >= 0.3 is 5.97 Å². The first kappa shape index (κ1) is 21.5. The highest BCUT2D eigenvalue weighted by molar-refractivity contribution is 5.87. The SMILES string of the molecule is CCOC(=O)[C@H]1C[C@H](C)CCN1C(=O)[C@H](CCCN=C(N)N)N[N+](=O)[O-]. The van der Waals surface area contributed by atoms with Gasteiger partial charge in [-0.15, -0.1) is 5.43 Å². The van der Waals surface area contributed by atoms with E-state index in [9.17, 15) is 19.7 Å². The number of nitrogens with two attached hydrogens (primary N) is 2. The number of likely N-dealkylation sites (tertiary alicyclic amines) is 1. The van der Waals surface area contributed by atoms with Gasteiger partial charge in [-0.2, -0.15) is 0 Å². The smallest absolute Gasteiger partial charge is 0.328 e. The predicted octanol–water partition coefficient (Wildman–Crippen LogP) is -0.620. The van der Waals surface area contributed by atoms with Crippen molar-refractivity contribution in [3.8, 4) is 0 Å². The molecule has 0 aromatic heterocycles. The van der Waals surface area contributed by atoms with Crippen LogP contribution in [-0.4, -0.2) is 59.5 Å². The minimum Gasteiger partial charge on any atom is -0.464 e. The molecule has 0 radical (unpaired) electrons. The number of carbonyl (C=O) groups excluding carboxylic acids is 2. The second kappa shape index (κ2) is 10.4. The Balaban J connectivity index is 2.85. The molecule has 0 aliphatic carbocycles. The van der Waals surface area contributed by atoms with E-state index in [1.165, 1.54) is 4.90 Å². The lowest BCUT2D eigenvalue weighted by Gasteiger charge is -2.38. The van der Waals surface area contributed by atoms with Crippen molar-refractivity contribution in [2.75, 3.05) is 19.7 Å². The van der Waals surface area contributed by atoms with Crippen molar-refractivity contribution in [3.63, 3.8) is 0 Å². The van der Waals surface area contributed by atoms with Crippen LogP contribution < -0.4 is 16.9 Å². The summed E-state index contributed by atoms with van der Waals surface area (Å²) in [6.07, 6.45) is 1.74. The van der Waals surface area contributed by atoms with Crippen LogP contribution in [0.5, 0.6) is 0 Å². The molecule has 26 heavy (non-hydrogen) atoms. The average molecular weight is 372 g/mol. The number of amides is 1. The van der Waals surface area contributed by atoms with Crippen molar-refractivity contribution < 1.29 is 19.4 Å². The highest BCUT2D eigenvalue weighted by Crippen LogP contribution is 2.24. The molecular weight excluding hydrogens is 344 g/mol. The van der Waals surface area contributed by atoms with Crippen LogP contribution in [0.25, 0.3) is 0 Å². The lowest BCUT2D eigenvalue weighted by Crippen LogP contribution is -2.56. The second-order valence-electron chi connectivity index (χ2n) is 6.32. The molecule has 11 heteroatoms. The monoisotopic (exact) mass is 372 g/mol. The minimum atomic E-state index is -1.07. The van der Waals surface area contributed by atoms with E-state index in [0.29, 0.717) is 19.4 Å². The molecule has 0 spiro atoms. The van der Waals surface area contributed by atoms with E-state index in [2.05, 4.69) is 4.99 Å². The number of guanidine groups is 1. The quantitative estimate of drug-likeness (QED) is 0.120. The van der Waals surface area contributed by atoms with Crippen molar-refractivity contribution in [2.45, 2.75) is 51.6 Å². The molecule has 3 atom stereocenters. The number of nitrogens with zero attached hydrogens (tertiary/aromatic N) is 3. The molecule has 11 nitrogen and oxygen atoms in total. The van der Waals surface area contributed by atoms with E-state index in [1.807, 2.05) is 12.3 Å². The van der Waals surface area contributed by atoms with Gasteiger partial charge < -0.3 is 21.1 Å². The topological polar surface area (TPSA) is 166 Å². The van der Waals surface area contributed by atoms with Crippen LogP contribution in [0.15, 0.2) is 4.99 Å².